The van der Waals surface area contributed by atoms with Crippen LogP contribution in [-0.2, 0) is 0 Å². The summed E-state index contributed by atoms with van der Waals surface area (Å²) in [6.45, 7) is 5.56. The van der Waals surface area contributed by atoms with Gasteiger partial charge < -0.3 is 4.90 Å². The Bertz CT molecular complexity index is 107. The molecule has 0 spiro atoms. The molecule has 0 aromatic heterocycles. The van der Waals surface area contributed by atoms with Crippen LogP contribution < -0.4 is 0 Å². The van der Waals surface area contributed by atoms with Crippen LogP contribution in [0.3, 0.4) is 0 Å². The summed E-state index contributed by atoms with van der Waals surface area (Å²) in [6.07, 6.45) is 3.83. The van der Waals surface area contributed by atoms with Crippen molar-refractivity contribution in [2.75, 3.05) is 7.05 Å². The van der Waals surface area contributed by atoms with Crippen LogP contribution in [0.1, 0.15) is 6.92 Å². The Kier molecular flexibility index (Phi) is 3.44. The number of hydrogen-bond donors (Lipinski definition) is 1. The van der Waals surface area contributed by atoms with Crippen molar-refractivity contribution in [2.45, 2.75) is 6.92 Å². The second-order valence-electron chi connectivity index (χ2n) is 1.51. The summed E-state index contributed by atoms with van der Waals surface area (Å²) in [7, 11) is 1.90. The fourth-order valence-corrected chi connectivity index (χ4v) is 0.376. The van der Waals surface area contributed by atoms with Gasteiger partial charge in [-0.05, 0) is 13.1 Å². The molecule has 0 aromatic carbocycles. The fraction of sp³-hybridized carbons (Fsp3) is 0.333. The molecule has 8 heavy (non-hydrogen) atoms. The highest BCUT2D eigenvalue weighted by Gasteiger charge is 1.85. The first kappa shape index (κ1) is 7.63. The van der Waals surface area contributed by atoms with Gasteiger partial charge >= 0.3 is 0 Å². The maximum absolute atomic E-state index is 4.01. The highest BCUT2D eigenvalue weighted by atomic mass is 32.1. The smallest absolute Gasteiger partial charge is 0.0640 e. The van der Waals surface area contributed by atoms with E-state index in [9.17, 15) is 0 Å². The predicted molar refractivity (Wildman–Crippen MR) is 40.7 cm³/mol. The molecule has 0 aromatic rings. The Hall–Kier alpha value is -0.370. The molecular formula is C6H11NS. The number of allylic oxidation sites excluding steroid dienone is 1. The average Bonchev–Trinajstić information content (AvgIpc) is 1.67. The van der Waals surface area contributed by atoms with Crippen LogP contribution in [0.15, 0.2) is 23.9 Å². The Morgan fingerprint density at radius 1 is 1.75 bits per heavy atom. The monoisotopic (exact) mass is 129 g/mol. The molecule has 1 nitrogen and oxygen atoms in total. The van der Waals surface area contributed by atoms with Crippen molar-refractivity contribution in [3.05, 3.63) is 23.9 Å². The largest absolute Gasteiger partial charge is 0.347 e. The Labute approximate surface area is 56.1 Å². The van der Waals surface area contributed by atoms with Crippen molar-refractivity contribution >= 4 is 12.6 Å². The second kappa shape index (κ2) is 3.61. The zero-order valence-electron chi connectivity index (χ0n) is 5.26. The lowest BCUT2D eigenvalue weighted by Crippen LogP contribution is -2.03. The van der Waals surface area contributed by atoms with Gasteiger partial charge in [0.2, 0.25) is 0 Å². The third-order valence-electron chi connectivity index (χ3n) is 0.780. The lowest BCUT2D eigenvalue weighted by molar-refractivity contribution is 0.614. The molecule has 0 saturated heterocycles. The summed E-state index contributed by atoms with van der Waals surface area (Å²) in [5, 5.41) is 0.753. The molecule has 0 aliphatic heterocycles. The van der Waals surface area contributed by atoms with E-state index in [1.807, 2.05) is 31.1 Å². The van der Waals surface area contributed by atoms with Gasteiger partial charge in [-0.15, -0.1) is 12.6 Å². The van der Waals surface area contributed by atoms with E-state index in [-0.39, 0.29) is 0 Å². The van der Waals surface area contributed by atoms with Crippen molar-refractivity contribution in [3.8, 4) is 0 Å². The van der Waals surface area contributed by atoms with E-state index in [0.29, 0.717) is 0 Å². The highest BCUT2D eigenvalue weighted by molar-refractivity contribution is 7.84. The number of rotatable bonds is 2. The summed E-state index contributed by atoms with van der Waals surface area (Å²) in [5.41, 5.74) is 0. The van der Waals surface area contributed by atoms with Crippen LogP contribution in [0.2, 0.25) is 0 Å². The van der Waals surface area contributed by atoms with E-state index in [0.717, 1.165) is 5.03 Å². The number of hydrogen-bond acceptors (Lipinski definition) is 2. The third kappa shape index (κ3) is 2.75. The zero-order valence-corrected chi connectivity index (χ0v) is 6.15. The van der Waals surface area contributed by atoms with Gasteiger partial charge in [0.1, 0.15) is 0 Å². The summed E-state index contributed by atoms with van der Waals surface area (Å²) in [4.78, 5) is 1.84. The van der Waals surface area contributed by atoms with Gasteiger partial charge in [0.15, 0.2) is 0 Å². The van der Waals surface area contributed by atoms with Gasteiger partial charge in [0.05, 0.1) is 5.03 Å². The van der Waals surface area contributed by atoms with E-state index in [1.54, 1.807) is 0 Å². The summed E-state index contributed by atoms with van der Waals surface area (Å²) < 4.78 is 0. The van der Waals surface area contributed by atoms with E-state index >= 15 is 0 Å². The SMILES string of the molecule is C=C(S)N(C)/C=C\C. The molecule has 0 aliphatic carbocycles. The lowest BCUT2D eigenvalue weighted by Gasteiger charge is -2.10. The van der Waals surface area contributed by atoms with E-state index in [1.165, 1.54) is 0 Å². The molecule has 0 atom stereocenters. The third-order valence-corrected chi connectivity index (χ3v) is 1.10. The molecule has 0 radical (unpaired) electrons. The van der Waals surface area contributed by atoms with Crippen LogP contribution in [0.5, 0.6) is 0 Å². The Balaban J connectivity index is 3.64. The van der Waals surface area contributed by atoms with Gasteiger partial charge in [-0.3, -0.25) is 0 Å². The van der Waals surface area contributed by atoms with Crippen molar-refractivity contribution < 1.29 is 0 Å². The van der Waals surface area contributed by atoms with E-state index in [4.69, 9.17) is 0 Å². The molecule has 0 rings (SSSR count). The van der Waals surface area contributed by atoms with Crippen LogP contribution >= 0.6 is 12.6 Å². The second-order valence-corrected chi connectivity index (χ2v) is 2.03. The fourth-order valence-electron chi connectivity index (χ4n) is 0.310. The Morgan fingerprint density at radius 2 is 2.25 bits per heavy atom. The molecule has 0 bridgehead atoms. The quantitative estimate of drug-likeness (QED) is 0.557. The van der Waals surface area contributed by atoms with Gasteiger partial charge in [-0.1, -0.05) is 12.7 Å². The number of nitrogens with zero attached hydrogens (tertiary/aromatic N) is 1. The average molecular weight is 129 g/mol. The standard InChI is InChI=1S/C6H11NS/c1-4-5-7(3)6(2)8/h4-5,8H,2H2,1,3H3/b5-4-. The normalized spacial score (nSPS) is 9.88. The lowest BCUT2D eigenvalue weighted by atomic mass is 10.6. The summed E-state index contributed by atoms with van der Waals surface area (Å²) >= 11 is 4.01. The van der Waals surface area contributed by atoms with E-state index in [2.05, 4.69) is 19.2 Å². The van der Waals surface area contributed by atoms with Crippen molar-refractivity contribution in [3.63, 3.8) is 0 Å². The summed E-state index contributed by atoms with van der Waals surface area (Å²) in [5.74, 6) is 0. The van der Waals surface area contributed by atoms with Gasteiger partial charge in [0, 0.05) is 7.05 Å². The molecule has 0 aliphatic rings. The Morgan fingerprint density at radius 3 is 2.38 bits per heavy atom. The van der Waals surface area contributed by atoms with Crippen LogP contribution in [0.25, 0.3) is 0 Å². The first-order valence-electron chi connectivity index (χ1n) is 2.42. The molecule has 0 N–H and O–H groups in total. The van der Waals surface area contributed by atoms with Gasteiger partial charge in [-0.25, -0.2) is 0 Å². The van der Waals surface area contributed by atoms with Gasteiger partial charge in [0.25, 0.3) is 0 Å². The molecule has 0 fully saturated rings. The van der Waals surface area contributed by atoms with Crippen LogP contribution in [-0.4, -0.2) is 11.9 Å². The molecular weight excluding hydrogens is 118 g/mol. The summed E-state index contributed by atoms with van der Waals surface area (Å²) in [6, 6.07) is 0. The maximum Gasteiger partial charge on any atom is 0.0640 e. The first-order chi connectivity index (χ1) is 3.68. The molecule has 0 saturated carbocycles. The minimum Gasteiger partial charge on any atom is -0.347 e. The molecule has 2 heteroatoms. The van der Waals surface area contributed by atoms with Crippen molar-refractivity contribution in [2.24, 2.45) is 0 Å². The maximum atomic E-state index is 4.01. The van der Waals surface area contributed by atoms with Gasteiger partial charge in [-0.2, -0.15) is 0 Å². The predicted octanol–water partition coefficient (Wildman–Crippen LogP) is 1.85. The highest BCUT2D eigenvalue weighted by Crippen LogP contribution is 2.01. The topological polar surface area (TPSA) is 3.24 Å². The molecule has 0 heterocycles. The van der Waals surface area contributed by atoms with Crippen molar-refractivity contribution in [1.29, 1.82) is 0 Å². The van der Waals surface area contributed by atoms with Crippen molar-refractivity contribution in [1.82, 2.24) is 4.90 Å². The van der Waals surface area contributed by atoms with Crippen LogP contribution in [0.4, 0.5) is 0 Å². The molecule has 0 amide bonds. The van der Waals surface area contributed by atoms with E-state index < -0.39 is 0 Å². The number of thiol groups is 1. The molecule has 0 unspecified atom stereocenters. The molecule has 46 valence electrons. The minimum atomic E-state index is 0.753. The zero-order chi connectivity index (χ0) is 6.57. The van der Waals surface area contributed by atoms with Crippen LogP contribution in [0, 0.1) is 0 Å². The minimum absolute atomic E-state index is 0.753. The first-order valence-corrected chi connectivity index (χ1v) is 2.86.